The molecular formula is C18H20Cl2N2O4S. The second kappa shape index (κ2) is 8.82. The minimum atomic E-state index is -3.82. The fourth-order valence-electron chi connectivity index (χ4n) is 2.65. The van der Waals surface area contributed by atoms with E-state index >= 15 is 0 Å². The quantitative estimate of drug-likeness (QED) is 0.714. The largest absolute Gasteiger partial charge is 0.495 e. The van der Waals surface area contributed by atoms with Crippen LogP contribution in [0.3, 0.4) is 0 Å². The predicted molar refractivity (Wildman–Crippen MR) is 109 cm³/mol. The van der Waals surface area contributed by atoms with Gasteiger partial charge < -0.3 is 10.1 Å². The highest BCUT2D eigenvalue weighted by Crippen LogP contribution is 2.33. The van der Waals surface area contributed by atoms with Gasteiger partial charge in [-0.2, -0.15) is 0 Å². The molecule has 9 heteroatoms. The molecule has 0 radical (unpaired) electrons. The lowest BCUT2D eigenvalue weighted by atomic mass is 10.1. The minimum absolute atomic E-state index is 0.147. The van der Waals surface area contributed by atoms with Crippen LogP contribution in [-0.2, 0) is 14.8 Å². The highest BCUT2D eigenvalue weighted by Gasteiger charge is 2.33. The van der Waals surface area contributed by atoms with Crippen molar-refractivity contribution in [1.82, 2.24) is 0 Å². The molecule has 2 aromatic rings. The molecule has 6 nitrogen and oxygen atoms in total. The summed E-state index contributed by atoms with van der Waals surface area (Å²) >= 11 is 12.2. The molecule has 146 valence electrons. The van der Waals surface area contributed by atoms with Gasteiger partial charge in [0.2, 0.25) is 15.9 Å². The second-order valence-corrected chi connectivity index (χ2v) is 8.47. The summed E-state index contributed by atoms with van der Waals surface area (Å²) in [5.41, 5.74) is 0.586. The molecule has 0 bridgehead atoms. The molecule has 0 saturated carbocycles. The van der Waals surface area contributed by atoms with Gasteiger partial charge in [-0.05, 0) is 36.8 Å². The van der Waals surface area contributed by atoms with Crippen LogP contribution in [0.4, 0.5) is 11.4 Å². The van der Waals surface area contributed by atoms with Crippen molar-refractivity contribution in [1.29, 1.82) is 0 Å². The third-order valence-corrected chi connectivity index (χ3v) is 5.56. The smallest absolute Gasteiger partial charge is 0.248 e. The molecule has 0 aliphatic rings. The molecule has 0 aromatic heterocycles. The predicted octanol–water partition coefficient (Wildman–Crippen LogP) is 4.19. The fraction of sp³-hybridized carbons (Fsp3) is 0.278. The van der Waals surface area contributed by atoms with Crippen LogP contribution < -0.4 is 14.4 Å². The standard InChI is InChI=1S/C18H20Cl2N2O4S/c1-4-15(18(23)21-14-7-5-6-8-17(14)26-2)22(27(3,24)25)16-11-12(19)9-10-13(16)20/h5-11,15H,4H2,1-3H3,(H,21,23)/t15-/m0/s1. The maximum absolute atomic E-state index is 12.9. The van der Waals surface area contributed by atoms with E-state index in [2.05, 4.69) is 5.32 Å². The van der Waals surface area contributed by atoms with Gasteiger partial charge in [0.05, 0.1) is 29.8 Å². The van der Waals surface area contributed by atoms with Gasteiger partial charge in [0, 0.05) is 5.02 Å². The normalized spacial score (nSPS) is 12.3. The maximum Gasteiger partial charge on any atom is 0.248 e. The number of nitrogens with one attached hydrogen (secondary N) is 1. The molecule has 0 unspecified atom stereocenters. The first-order valence-corrected chi connectivity index (χ1v) is 10.7. The van der Waals surface area contributed by atoms with Crippen molar-refractivity contribution in [3.8, 4) is 5.75 Å². The van der Waals surface area contributed by atoms with Gasteiger partial charge in [-0.15, -0.1) is 0 Å². The van der Waals surface area contributed by atoms with E-state index < -0.39 is 22.0 Å². The van der Waals surface area contributed by atoms with Gasteiger partial charge in [-0.25, -0.2) is 8.42 Å². The third kappa shape index (κ3) is 5.06. The number of benzene rings is 2. The molecular weight excluding hydrogens is 411 g/mol. The van der Waals surface area contributed by atoms with Gasteiger partial charge in [0.25, 0.3) is 0 Å². The van der Waals surface area contributed by atoms with Crippen LogP contribution in [0.5, 0.6) is 5.75 Å². The Hall–Kier alpha value is -1.96. The fourth-order valence-corrected chi connectivity index (χ4v) is 4.29. The van der Waals surface area contributed by atoms with Crippen LogP contribution in [0.1, 0.15) is 13.3 Å². The van der Waals surface area contributed by atoms with E-state index in [1.807, 2.05) is 0 Å². The number of methoxy groups -OCH3 is 1. The summed E-state index contributed by atoms with van der Waals surface area (Å²) in [4.78, 5) is 12.9. The van der Waals surface area contributed by atoms with Crippen molar-refractivity contribution in [3.05, 3.63) is 52.5 Å². The monoisotopic (exact) mass is 430 g/mol. The number of carbonyl (C=O) groups excluding carboxylic acids is 1. The van der Waals surface area contributed by atoms with E-state index in [9.17, 15) is 13.2 Å². The van der Waals surface area contributed by atoms with E-state index in [4.69, 9.17) is 27.9 Å². The first-order valence-electron chi connectivity index (χ1n) is 8.07. The number of rotatable bonds is 7. The molecule has 27 heavy (non-hydrogen) atoms. The molecule has 1 N–H and O–H groups in total. The van der Waals surface area contributed by atoms with Crippen molar-refractivity contribution in [2.45, 2.75) is 19.4 Å². The number of hydrogen-bond donors (Lipinski definition) is 1. The van der Waals surface area contributed by atoms with Crippen LogP contribution in [0.2, 0.25) is 10.0 Å². The number of hydrogen-bond acceptors (Lipinski definition) is 4. The Morgan fingerprint density at radius 2 is 1.89 bits per heavy atom. The molecule has 0 saturated heterocycles. The number of amides is 1. The number of nitrogens with zero attached hydrogens (tertiary/aromatic N) is 1. The average molecular weight is 431 g/mol. The Morgan fingerprint density at radius 1 is 1.22 bits per heavy atom. The van der Waals surface area contributed by atoms with Crippen molar-refractivity contribution in [2.24, 2.45) is 0 Å². The summed E-state index contributed by atoms with van der Waals surface area (Å²) in [7, 11) is -2.34. The number of para-hydroxylation sites is 2. The lowest BCUT2D eigenvalue weighted by Gasteiger charge is -2.31. The van der Waals surface area contributed by atoms with Crippen molar-refractivity contribution < 1.29 is 17.9 Å². The van der Waals surface area contributed by atoms with E-state index in [1.165, 1.54) is 19.2 Å². The van der Waals surface area contributed by atoms with Gasteiger partial charge in [-0.3, -0.25) is 9.10 Å². The molecule has 2 aromatic carbocycles. The SMILES string of the molecule is CC[C@@H](C(=O)Nc1ccccc1OC)N(c1cc(Cl)ccc1Cl)S(C)(=O)=O. The average Bonchev–Trinajstić information content (AvgIpc) is 2.61. The van der Waals surface area contributed by atoms with E-state index in [1.54, 1.807) is 37.3 Å². The Morgan fingerprint density at radius 3 is 2.48 bits per heavy atom. The Bertz CT molecular complexity index is 935. The Labute approximate surface area is 169 Å². The molecule has 0 fully saturated rings. The van der Waals surface area contributed by atoms with Crippen molar-refractivity contribution >= 4 is 50.5 Å². The number of ether oxygens (including phenoxy) is 1. The van der Waals surface area contributed by atoms with Crippen LogP contribution in [0.15, 0.2) is 42.5 Å². The highest BCUT2D eigenvalue weighted by atomic mass is 35.5. The molecule has 0 heterocycles. The van der Waals surface area contributed by atoms with Gasteiger partial charge in [0.1, 0.15) is 11.8 Å². The molecule has 0 spiro atoms. The van der Waals surface area contributed by atoms with Crippen LogP contribution in [0.25, 0.3) is 0 Å². The Kier molecular flexibility index (Phi) is 6.97. The zero-order chi connectivity index (χ0) is 20.2. The summed E-state index contributed by atoms with van der Waals surface area (Å²) in [5.74, 6) is -0.0455. The lowest BCUT2D eigenvalue weighted by Crippen LogP contribution is -2.47. The summed E-state index contributed by atoms with van der Waals surface area (Å²) in [6, 6.07) is 10.3. The van der Waals surface area contributed by atoms with Gasteiger partial charge in [-0.1, -0.05) is 42.3 Å². The van der Waals surface area contributed by atoms with Crippen molar-refractivity contribution in [2.75, 3.05) is 23.0 Å². The first-order chi connectivity index (χ1) is 12.7. The van der Waals surface area contributed by atoms with E-state index in [0.29, 0.717) is 16.5 Å². The Balaban J connectivity index is 2.46. The van der Waals surface area contributed by atoms with E-state index in [-0.39, 0.29) is 17.1 Å². The van der Waals surface area contributed by atoms with Gasteiger partial charge in [0.15, 0.2) is 0 Å². The van der Waals surface area contributed by atoms with Crippen LogP contribution in [0, 0.1) is 0 Å². The topological polar surface area (TPSA) is 75.7 Å². The molecule has 1 atom stereocenters. The summed E-state index contributed by atoms with van der Waals surface area (Å²) in [6.45, 7) is 1.71. The number of sulfonamides is 1. The zero-order valence-corrected chi connectivity index (χ0v) is 17.4. The summed E-state index contributed by atoms with van der Waals surface area (Å²) in [5, 5.41) is 3.21. The second-order valence-electron chi connectivity index (χ2n) is 5.77. The van der Waals surface area contributed by atoms with Gasteiger partial charge >= 0.3 is 0 Å². The highest BCUT2D eigenvalue weighted by molar-refractivity contribution is 7.92. The number of halogens is 2. The first kappa shape index (κ1) is 21.3. The minimum Gasteiger partial charge on any atom is -0.495 e. The molecule has 0 aliphatic heterocycles. The lowest BCUT2D eigenvalue weighted by molar-refractivity contribution is -0.117. The zero-order valence-electron chi connectivity index (χ0n) is 15.1. The maximum atomic E-state index is 12.9. The number of anilines is 2. The van der Waals surface area contributed by atoms with Crippen LogP contribution >= 0.6 is 23.2 Å². The molecule has 2 rings (SSSR count). The third-order valence-electron chi connectivity index (χ3n) is 3.84. The summed E-state index contributed by atoms with van der Waals surface area (Å²) in [6.07, 6.45) is 1.24. The summed E-state index contributed by atoms with van der Waals surface area (Å²) < 4.78 is 31.2. The van der Waals surface area contributed by atoms with Crippen molar-refractivity contribution in [3.63, 3.8) is 0 Å². The number of carbonyl (C=O) groups is 1. The molecule has 0 aliphatic carbocycles. The van der Waals surface area contributed by atoms with E-state index in [0.717, 1.165) is 10.6 Å². The molecule has 1 amide bonds. The van der Waals surface area contributed by atoms with Crippen LogP contribution in [-0.4, -0.2) is 33.7 Å².